The molecule has 9 heteroatoms. The van der Waals surface area contributed by atoms with Crippen LogP contribution in [0.1, 0.15) is 22.0 Å². The molecule has 0 aliphatic rings. The fraction of sp³-hybridized carbons (Fsp3) is 0.222. The van der Waals surface area contributed by atoms with Crippen molar-refractivity contribution in [1.82, 2.24) is 20.0 Å². The molecule has 3 rings (SSSR count). The van der Waals surface area contributed by atoms with Crippen LogP contribution in [0.4, 0.5) is 5.69 Å². The van der Waals surface area contributed by atoms with Gasteiger partial charge in [0.1, 0.15) is 0 Å². The molecule has 2 heterocycles. The molecule has 1 N–H and O–H groups in total. The Bertz CT molecular complexity index is 919. The third-order valence-electron chi connectivity index (χ3n) is 4.18. The van der Waals surface area contributed by atoms with Gasteiger partial charge in [-0.15, -0.1) is 0 Å². The number of aromatic nitrogens is 2. The van der Waals surface area contributed by atoms with Crippen LogP contribution in [0.5, 0.6) is 0 Å². The van der Waals surface area contributed by atoms with Gasteiger partial charge in [0.2, 0.25) is 0 Å². The van der Waals surface area contributed by atoms with Crippen LogP contribution >= 0.6 is 11.3 Å². The van der Waals surface area contributed by atoms with Crippen LogP contribution in [0.25, 0.3) is 5.69 Å². The third-order valence-corrected chi connectivity index (χ3v) is 4.88. The first-order valence-corrected chi connectivity index (χ1v) is 9.16. The van der Waals surface area contributed by atoms with Gasteiger partial charge in [0.25, 0.3) is 11.6 Å². The predicted molar refractivity (Wildman–Crippen MR) is 103 cm³/mol. The first-order valence-electron chi connectivity index (χ1n) is 8.22. The van der Waals surface area contributed by atoms with Gasteiger partial charge in [-0.2, -0.15) is 16.4 Å². The van der Waals surface area contributed by atoms with E-state index in [1.54, 1.807) is 29.7 Å². The fourth-order valence-electron chi connectivity index (χ4n) is 2.66. The molecule has 3 aromatic rings. The van der Waals surface area contributed by atoms with Crippen LogP contribution in [0, 0.1) is 10.1 Å². The quantitative estimate of drug-likeness (QED) is 0.499. The summed E-state index contributed by atoms with van der Waals surface area (Å²) in [7, 11) is 3.95. The Hall–Kier alpha value is -3.04. The maximum atomic E-state index is 12.5. The van der Waals surface area contributed by atoms with Gasteiger partial charge in [-0.25, -0.2) is 4.68 Å². The standard InChI is InChI=1S/C18H19N5O3S/c1-21(2)17(13-7-8-27-12-13)10-19-18(24)14-9-20-22(11-14)15-3-5-16(6-4-15)23(25)26/h3-9,11-12,17H,10H2,1-2H3,(H,19,24)/t17-/m1/s1. The van der Waals surface area contributed by atoms with E-state index in [0.717, 1.165) is 5.56 Å². The van der Waals surface area contributed by atoms with E-state index in [9.17, 15) is 14.9 Å². The number of carbonyl (C=O) groups is 1. The second-order valence-corrected chi connectivity index (χ2v) is 6.97. The number of nitrogens with zero attached hydrogens (tertiary/aromatic N) is 4. The van der Waals surface area contributed by atoms with Gasteiger partial charge in [-0.3, -0.25) is 14.9 Å². The van der Waals surface area contributed by atoms with Gasteiger partial charge < -0.3 is 10.2 Å². The van der Waals surface area contributed by atoms with E-state index < -0.39 is 4.92 Å². The minimum atomic E-state index is -0.458. The average molecular weight is 385 g/mol. The van der Waals surface area contributed by atoms with Gasteiger partial charge in [-0.1, -0.05) is 0 Å². The molecule has 0 saturated heterocycles. The number of non-ortho nitro benzene ring substituents is 1. The highest BCUT2D eigenvalue weighted by molar-refractivity contribution is 7.07. The molecule has 0 saturated carbocycles. The Morgan fingerprint density at radius 1 is 1.33 bits per heavy atom. The van der Waals surface area contributed by atoms with Gasteiger partial charge in [0.05, 0.1) is 28.4 Å². The summed E-state index contributed by atoms with van der Waals surface area (Å²) in [4.78, 5) is 24.8. The van der Waals surface area contributed by atoms with Crippen LogP contribution < -0.4 is 5.32 Å². The van der Waals surface area contributed by atoms with Crippen molar-refractivity contribution in [2.24, 2.45) is 0 Å². The second kappa shape index (κ2) is 8.11. The van der Waals surface area contributed by atoms with Crippen LogP contribution in [0.3, 0.4) is 0 Å². The van der Waals surface area contributed by atoms with Crippen LogP contribution in [0.2, 0.25) is 0 Å². The lowest BCUT2D eigenvalue weighted by Gasteiger charge is -2.23. The van der Waals surface area contributed by atoms with E-state index in [1.807, 2.05) is 25.5 Å². The molecule has 1 amide bonds. The molecule has 0 aliphatic carbocycles. The summed E-state index contributed by atoms with van der Waals surface area (Å²) >= 11 is 1.62. The molecule has 1 aromatic carbocycles. The van der Waals surface area contributed by atoms with E-state index >= 15 is 0 Å². The van der Waals surface area contributed by atoms with E-state index in [1.165, 1.54) is 23.0 Å². The number of nitro groups is 1. The Balaban J connectivity index is 1.67. The van der Waals surface area contributed by atoms with Crippen molar-refractivity contribution < 1.29 is 9.72 Å². The number of rotatable bonds is 7. The van der Waals surface area contributed by atoms with Gasteiger partial charge in [0, 0.05) is 24.9 Å². The summed E-state index contributed by atoms with van der Waals surface area (Å²) in [5, 5.41) is 21.9. The molecule has 8 nitrogen and oxygen atoms in total. The maximum absolute atomic E-state index is 12.5. The summed E-state index contributed by atoms with van der Waals surface area (Å²) in [6, 6.07) is 8.12. The molecule has 0 fully saturated rings. The van der Waals surface area contributed by atoms with E-state index in [0.29, 0.717) is 17.8 Å². The molecule has 2 aromatic heterocycles. The summed E-state index contributed by atoms with van der Waals surface area (Å²) in [5.41, 5.74) is 2.24. The van der Waals surface area contributed by atoms with Gasteiger partial charge in [0.15, 0.2) is 0 Å². The Morgan fingerprint density at radius 2 is 2.07 bits per heavy atom. The highest BCUT2D eigenvalue weighted by atomic mass is 32.1. The number of hydrogen-bond acceptors (Lipinski definition) is 6. The lowest BCUT2D eigenvalue weighted by Crippen LogP contribution is -2.34. The molecule has 0 bridgehead atoms. The zero-order chi connectivity index (χ0) is 19.4. The van der Waals surface area contributed by atoms with E-state index in [-0.39, 0.29) is 17.6 Å². The Kier molecular flexibility index (Phi) is 5.63. The highest BCUT2D eigenvalue weighted by Gasteiger charge is 2.17. The molecule has 1 atom stereocenters. The number of carbonyl (C=O) groups excluding carboxylic acids is 1. The van der Waals surface area contributed by atoms with Crippen molar-refractivity contribution >= 4 is 22.9 Å². The van der Waals surface area contributed by atoms with Crippen molar-refractivity contribution in [2.75, 3.05) is 20.6 Å². The topological polar surface area (TPSA) is 93.3 Å². The number of hydrogen-bond donors (Lipinski definition) is 1. The van der Waals surface area contributed by atoms with Crippen LogP contribution in [0.15, 0.2) is 53.5 Å². The summed E-state index contributed by atoms with van der Waals surface area (Å²) in [5.74, 6) is -0.217. The monoisotopic (exact) mass is 385 g/mol. The Morgan fingerprint density at radius 3 is 2.67 bits per heavy atom. The first kappa shape index (κ1) is 18.7. The number of amides is 1. The zero-order valence-electron chi connectivity index (χ0n) is 14.9. The Labute approximate surface area is 160 Å². The summed E-state index contributed by atoms with van der Waals surface area (Å²) < 4.78 is 1.51. The molecule has 0 unspecified atom stereocenters. The largest absolute Gasteiger partial charge is 0.350 e. The summed E-state index contributed by atoms with van der Waals surface area (Å²) in [6.07, 6.45) is 3.08. The van der Waals surface area contributed by atoms with Crippen molar-refractivity contribution in [3.8, 4) is 5.69 Å². The minimum Gasteiger partial charge on any atom is -0.350 e. The normalized spacial score (nSPS) is 12.1. The van der Waals surface area contributed by atoms with E-state index in [2.05, 4.69) is 20.7 Å². The lowest BCUT2D eigenvalue weighted by molar-refractivity contribution is -0.384. The maximum Gasteiger partial charge on any atom is 0.269 e. The van der Waals surface area contributed by atoms with Crippen LogP contribution in [-0.4, -0.2) is 46.2 Å². The molecule has 27 heavy (non-hydrogen) atoms. The second-order valence-electron chi connectivity index (χ2n) is 6.19. The van der Waals surface area contributed by atoms with Gasteiger partial charge >= 0.3 is 0 Å². The molecule has 0 spiro atoms. The van der Waals surface area contributed by atoms with Crippen molar-refractivity contribution in [3.05, 3.63) is 74.7 Å². The SMILES string of the molecule is CN(C)[C@H](CNC(=O)c1cnn(-c2ccc([N+](=O)[O-])cc2)c1)c1ccsc1. The minimum absolute atomic E-state index is 0.00651. The van der Waals surface area contributed by atoms with Crippen LogP contribution in [-0.2, 0) is 0 Å². The molecule has 0 aliphatic heterocycles. The molecular weight excluding hydrogens is 366 g/mol. The molecule has 140 valence electrons. The number of nitro benzene ring substituents is 1. The molecule has 0 radical (unpaired) electrons. The van der Waals surface area contributed by atoms with Crippen molar-refractivity contribution in [1.29, 1.82) is 0 Å². The van der Waals surface area contributed by atoms with Crippen molar-refractivity contribution in [3.63, 3.8) is 0 Å². The molecular formula is C18H19N5O3S. The number of likely N-dealkylation sites (N-methyl/N-ethyl adjacent to an activating group) is 1. The summed E-state index contributed by atoms with van der Waals surface area (Å²) in [6.45, 7) is 0.477. The zero-order valence-corrected chi connectivity index (χ0v) is 15.7. The predicted octanol–water partition coefficient (Wildman–Crippen LogP) is 2.87. The van der Waals surface area contributed by atoms with Gasteiger partial charge in [-0.05, 0) is 48.6 Å². The third kappa shape index (κ3) is 4.39. The number of thiophene rings is 1. The average Bonchev–Trinajstić information content (AvgIpc) is 3.34. The van der Waals surface area contributed by atoms with Crippen molar-refractivity contribution in [2.45, 2.75) is 6.04 Å². The smallest absolute Gasteiger partial charge is 0.269 e. The number of nitrogens with one attached hydrogen (secondary N) is 1. The first-order chi connectivity index (χ1) is 13.0. The lowest BCUT2D eigenvalue weighted by atomic mass is 10.1. The fourth-order valence-corrected chi connectivity index (χ4v) is 3.37. The highest BCUT2D eigenvalue weighted by Crippen LogP contribution is 2.20. The number of benzene rings is 1. The van der Waals surface area contributed by atoms with E-state index in [4.69, 9.17) is 0 Å².